The lowest BCUT2D eigenvalue weighted by Crippen LogP contribution is -1.97. The fourth-order valence-electron chi connectivity index (χ4n) is 5.45. The van der Waals surface area contributed by atoms with Gasteiger partial charge < -0.3 is 18.9 Å². The summed E-state index contributed by atoms with van der Waals surface area (Å²) in [6, 6.07) is 33.8. The van der Waals surface area contributed by atoms with Crippen LogP contribution in [0.25, 0.3) is 54.6 Å². The van der Waals surface area contributed by atoms with E-state index >= 15 is 0 Å². The Labute approximate surface area is 222 Å². The predicted molar refractivity (Wildman–Crippen MR) is 156 cm³/mol. The topological polar surface area (TPSA) is 36.9 Å². The first-order valence-corrected chi connectivity index (χ1v) is 12.5. The fraction of sp³-hybridized carbons (Fsp3) is 0.118. The third-order valence-electron chi connectivity index (χ3n) is 7.23. The highest BCUT2D eigenvalue weighted by atomic mass is 16.5. The molecule has 0 atom stereocenters. The summed E-state index contributed by atoms with van der Waals surface area (Å²) in [5.74, 6) is 2.73. The van der Waals surface area contributed by atoms with Crippen LogP contribution in [0, 0.1) is 0 Å². The van der Waals surface area contributed by atoms with Crippen molar-refractivity contribution in [2.75, 3.05) is 28.4 Å². The Balaban J connectivity index is 1.86. The Morgan fingerprint density at radius 3 is 1.26 bits per heavy atom. The molecule has 0 bridgehead atoms. The minimum Gasteiger partial charge on any atom is -0.493 e. The predicted octanol–water partition coefficient (Wildman–Crippen LogP) is 8.51. The smallest absolute Gasteiger partial charge is 0.161 e. The largest absolute Gasteiger partial charge is 0.493 e. The van der Waals surface area contributed by atoms with Crippen LogP contribution in [0.5, 0.6) is 23.0 Å². The molecule has 6 rings (SSSR count). The van der Waals surface area contributed by atoms with Gasteiger partial charge in [0.05, 0.1) is 28.4 Å². The Morgan fingerprint density at radius 1 is 0.368 bits per heavy atom. The van der Waals surface area contributed by atoms with Gasteiger partial charge in [0.2, 0.25) is 0 Å². The van der Waals surface area contributed by atoms with Gasteiger partial charge in [-0.2, -0.15) is 0 Å². The highest BCUT2D eigenvalue weighted by Crippen LogP contribution is 2.49. The average molecular weight is 501 g/mol. The van der Waals surface area contributed by atoms with Crippen molar-refractivity contribution in [3.05, 3.63) is 97.1 Å². The van der Waals surface area contributed by atoms with Crippen molar-refractivity contribution in [2.45, 2.75) is 0 Å². The molecule has 0 heterocycles. The van der Waals surface area contributed by atoms with Crippen molar-refractivity contribution in [3.8, 4) is 45.3 Å². The maximum atomic E-state index is 5.77. The lowest BCUT2D eigenvalue weighted by atomic mass is 9.85. The van der Waals surface area contributed by atoms with Crippen molar-refractivity contribution in [1.82, 2.24) is 0 Å². The minimum atomic E-state index is 0.681. The van der Waals surface area contributed by atoms with Crippen molar-refractivity contribution in [1.29, 1.82) is 0 Å². The molecule has 4 nitrogen and oxygen atoms in total. The third kappa shape index (κ3) is 3.77. The molecule has 0 unspecified atom stereocenters. The minimum absolute atomic E-state index is 0.681. The van der Waals surface area contributed by atoms with Gasteiger partial charge >= 0.3 is 0 Å². The van der Waals surface area contributed by atoms with E-state index in [0.29, 0.717) is 23.0 Å². The standard InChI is InChI=1S/C34H28O4/c1-35-29-17-25-27(19-31(29)37-3)34(24-15-14-21-10-8-9-13-23(21)16-24)28-20-32(38-4)30(36-2)18-26(28)33(25)22-11-6-5-7-12-22/h5-20H,1-4H3. The monoisotopic (exact) mass is 500 g/mol. The van der Waals surface area contributed by atoms with E-state index in [-0.39, 0.29) is 0 Å². The van der Waals surface area contributed by atoms with Gasteiger partial charge in [-0.05, 0) is 84.9 Å². The molecule has 4 heteroatoms. The third-order valence-corrected chi connectivity index (χ3v) is 7.23. The summed E-state index contributed by atoms with van der Waals surface area (Å²) in [5.41, 5.74) is 4.41. The Kier molecular flexibility index (Phi) is 6.01. The molecule has 0 N–H and O–H groups in total. The van der Waals surface area contributed by atoms with Gasteiger partial charge in [-0.15, -0.1) is 0 Å². The summed E-state index contributed by atoms with van der Waals surface area (Å²) in [7, 11) is 6.69. The molecule has 0 fully saturated rings. The molecule has 188 valence electrons. The van der Waals surface area contributed by atoms with Crippen LogP contribution in [0.3, 0.4) is 0 Å². The van der Waals surface area contributed by atoms with Crippen LogP contribution in [0.1, 0.15) is 0 Å². The molecule has 0 aliphatic rings. The molecular weight excluding hydrogens is 472 g/mol. The molecule has 0 radical (unpaired) electrons. The Hall–Kier alpha value is -4.70. The fourth-order valence-corrected chi connectivity index (χ4v) is 5.45. The first-order valence-electron chi connectivity index (χ1n) is 12.5. The summed E-state index contributed by atoms with van der Waals surface area (Å²) >= 11 is 0. The summed E-state index contributed by atoms with van der Waals surface area (Å²) in [6.07, 6.45) is 0. The van der Waals surface area contributed by atoms with Gasteiger partial charge in [0.1, 0.15) is 0 Å². The van der Waals surface area contributed by atoms with Crippen molar-refractivity contribution >= 4 is 32.3 Å². The van der Waals surface area contributed by atoms with Crippen LogP contribution in [0.2, 0.25) is 0 Å². The maximum Gasteiger partial charge on any atom is 0.161 e. The zero-order valence-corrected chi connectivity index (χ0v) is 21.9. The Morgan fingerprint density at radius 2 is 0.789 bits per heavy atom. The van der Waals surface area contributed by atoms with Gasteiger partial charge in [0, 0.05) is 0 Å². The lowest BCUT2D eigenvalue weighted by molar-refractivity contribution is 0.355. The second kappa shape index (κ2) is 9.64. The molecular formula is C34H28O4. The van der Waals surface area contributed by atoms with E-state index < -0.39 is 0 Å². The average Bonchev–Trinajstić information content (AvgIpc) is 2.98. The van der Waals surface area contributed by atoms with Crippen LogP contribution in [-0.4, -0.2) is 28.4 Å². The normalized spacial score (nSPS) is 11.2. The SMILES string of the molecule is COc1cc2c(-c3ccccc3)c3cc(OC)c(OC)cc3c(-c3ccc4ccccc4c3)c2cc1OC. The van der Waals surface area contributed by atoms with Crippen LogP contribution < -0.4 is 18.9 Å². The molecule has 0 saturated carbocycles. The van der Waals surface area contributed by atoms with Crippen LogP contribution in [0.4, 0.5) is 0 Å². The molecule has 38 heavy (non-hydrogen) atoms. The van der Waals surface area contributed by atoms with Crippen LogP contribution in [-0.2, 0) is 0 Å². The van der Waals surface area contributed by atoms with E-state index in [0.717, 1.165) is 43.8 Å². The zero-order chi connectivity index (χ0) is 26.2. The molecule has 0 amide bonds. The van der Waals surface area contributed by atoms with Crippen molar-refractivity contribution in [2.24, 2.45) is 0 Å². The number of fused-ring (bicyclic) bond motifs is 3. The van der Waals surface area contributed by atoms with E-state index in [1.54, 1.807) is 28.4 Å². The van der Waals surface area contributed by atoms with Gasteiger partial charge in [0.25, 0.3) is 0 Å². The van der Waals surface area contributed by atoms with Gasteiger partial charge in [-0.25, -0.2) is 0 Å². The second-order valence-electron chi connectivity index (χ2n) is 9.18. The summed E-state index contributed by atoms with van der Waals surface area (Å²) in [4.78, 5) is 0. The zero-order valence-electron chi connectivity index (χ0n) is 21.9. The van der Waals surface area contributed by atoms with Crippen LogP contribution >= 0.6 is 0 Å². The van der Waals surface area contributed by atoms with Gasteiger partial charge in [0.15, 0.2) is 23.0 Å². The molecule has 0 aliphatic heterocycles. The first kappa shape index (κ1) is 23.7. The summed E-state index contributed by atoms with van der Waals surface area (Å²) in [5, 5.41) is 6.64. The molecule has 0 aliphatic carbocycles. The summed E-state index contributed by atoms with van der Waals surface area (Å²) in [6.45, 7) is 0. The summed E-state index contributed by atoms with van der Waals surface area (Å²) < 4.78 is 23.1. The van der Waals surface area contributed by atoms with Gasteiger partial charge in [-0.3, -0.25) is 0 Å². The molecule has 6 aromatic carbocycles. The number of rotatable bonds is 6. The van der Waals surface area contributed by atoms with E-state index in [9.17, 15) is 0 Å². The second-order valence-corrected chi connectivity index (χ2v) is 9.18. The molecule has 0 spiro atoms. The van der Waals surface area contributed by atoms with Crippen molar-refractivity contribution in [3.63, 3.8) is 0 Å². The van der Waals surface area contributed by atoms with Gasteiger partial charge in [-0.1, -0.05) is 66.7 Å². The molecule has 0 saturated heterocycles. The van der Waals surface area contributed by atoms with Crippen molar-refractivity contribution < 1.29 is 18.9 Å². The van der Waals surface area contributed by atoms with E-state index in [2.05, 4.69) is 91.0 Å². The molecule has 6 aromatic rings. The number of hydrogen-bond donors (Lipinski definition) is 0. The highest BCUT2D eigenvalue weighted by molar-refractivity contribution is 6.22. The number of hydrogen-bond acceptors (Lipinski definition) is 4. The highest BCUT2D eigenvalue weighted by Gasteiger charge is 2.22. The quantitative estimate of drug-likeness (QED) is 0.215. The van der Waals surface area contributed by atoms with E-state index in [1.807, 2.05) is 6.07 Å². The first-order chi connectivity index (χ1) is 18.7. The molecule has 0 aromatic heterocycles. The lowest BCUT2D eigenvalue weighted by Gasteiger charge is -2.21. The number of benzene rings is 6. The maximum absolute atomic E-state index is 5.77. The van der Waals surface area contributed by atoms with Crippen LogP contribution in [0.15, 0.2) is 97.1 Å². The number of methoxy groups -OCH3 is 4. The number of ether oxygens (including phenoxy) is 4. The Bertz CT molecular complexity index is 1730. The van der Waals surface area contributed by atoms with E-state index in [4.69, 9.17) is 18.9 Å². The van der Waals surface area contributed by atoms with E-state index in [1.165, 1.54) is 10.8 Å².